The second-order valence-corrected chi connectivity index (χ2v) is 7.20. The molecule has 1 heterocycles. The van der Waals surface area contributed by atoms with Crippen LogP contribution < -0.4 is 10.6 Å². The topological polar surface area (TPSA) is 123 Å². The Labute approximate surface area is 182 Å². The fraction of sp³-hybridized carbons (Fsp3) is 0.190. The van der Waals surface area contributed by atoms with Crippen molar-refractivity contribution >= 4 is 40.9 Å². The molecule has 0 bridgehead atoms. The Morgan fingerprint density at radius 1 is 1.03 bits per heavy atom. The molecule has 0 saturated carbocycles. The van der Waals surface area contributed by atoms with E-state index in [1.54, 1.807) is 55.5 Å². The SMILES string of the molecule is CCOC(=O)c1ccc(NC(=O)CSc2nnc(-c3cccc(NC(C)=O)c3)o2)cc1. The summed E-state index contributed by atoms with van der Waals surface area (Å²) in [6.45, 7) is 3.46. The maximum absolute atomic E-state index is 12.2. The maximum atomic E-state index is 12.2. The lowest BCUT2D eigenvalue weighted by Gasteiger charge is -2.05. The van der Waals surface area contributed by atoms with Crippen LogP contribution in [0.1, 0.15) is 24.2 Å². The van der Waals surface area contributed by atoms with Crippen LogP contribution in [0.4, 0.5) is 11.4 Å². The zero-order valence-corrected chi connectivity index (χ0v) is 17.7. The molecule has 0 fully saturated rings. The predicted octanol–water partition coefficient (Wildman–Crippen LogP) is 3.60. The van der Waals surface area contributed by atoms with Crippen molar-refractivity contribution in [1.82, 2.24) is 10.2 Å². The lowest BCUT2D eigenvalue weighted by Crippen LogP contribution is -2.14. The smallest absolute Gasteiger partial charge is 0.338 e. The minimum absolute atomic E-state index is 0.0627. The lowest BCUT2D eigenvalue weighted by molar-refractivity contribution is -0.114. The van der Waals surface area contributed by atoms with Crippen molar-refractivity contribution in [2.24, 2.45) is 0 Å². The molecule has 10 heteroatoms. The number of nitrogens with one attached hydrogen (secondary N) is 2. The van der Waals surface area contributed by atoms with Crippen LogP contribution in [0.25, 0.3) is 11.5 Å². The second-order valence-electron chi connectivity index (χ2n) is 6.27. The number of thioether (sulfide) groups is 1. The second kappa shape index (κ2) is 10.4. The van der Waals surface area contributed by atoms with Gasteiger partial charge in [0.1, 0.15) is 0 Å². The van der Waals surface area contributed by atoms with Crippen LogP contribution in [0, 0.1) is 0 Å². The first kappa shape index (κ1) is 22.0. The van der Waals surface area contributed by atoms with E-state index in [1.807, 2.05) is 0 Å². The number of nitrogens with zero attached hydrogens (tertiary/aromatic N) is 2. The molecule has 0 aliphatic rings. The highest BCUT2D eigenvalue weighted by atomic mass is 32.2. The van der Waals surface area contributed by atoms with Gasteiger partial charge >= 0.3 is 5.97 Å². The molecular weight excluding hydrogens is 420 g/mol. The summed E-state index contributed by atoms with van der Waals surface area (Å²) in [5, 5.41) is 13.6. The molecule has 1 aromatic heterocycles. The number of ether oxygens (including phenoxy) is 1. The van der Waals surface area contributed by atoms with Gasteiger partial charge in [0.05, 0.1) is 17.9 Å². The number of anilines is 2. The van der Waals surface area contributed by atoms with Crippen molar-refractivity contribution in [2.75, 3.05) is 23.0 Å². The van der Waals surface area contributed by atoms with Gasteiger partial charge in [0.15, 0.2) is 0 Å². The Morgan fingerprint density at radius 2 is 1.81 bits per heavy atom. The number of rotatable bonds is 8. The molecule has 3 aromatic rings. The first-order valence-electron chi connectivity index (χ1n) is 9.36. The summed E-state index contributed by atoms with van der Waals surface area (Å²) in [6, 6.07) is 13.4. The van der Waals surface area contributed by atoms with Crippen LogP contribution in [-0.2, 0) is 14.3 Å². The summed E-state index contributed by atoms with van der Waals surface area (Å²) in [7, 11) is 0. The van der Waals surface area contributed by atoms with E-state index in [0.717, 1.165) is 11.8 Å². The van der Waals surface area contributed by atoms with Gasteiger partial charge in [-0.15, -0.1) is 10.2 Å². The van der Waals surface area contributed by atoms with E-state index >= 15 is 0 Å². The highest BCUT2D eigenvalue weighted by Gasteiger charge is 2.13. The van der Waals surface area contributed by atoms with E-state index in [-0.39, 0.29) is 28.7 Å². The van der Waals surface area contributed by atoms with E-state index in [2.05, 4.69) is 20.8 Å². The van der Waals surface area contributed by atoms with Gasteiger partial charge in [-0.25, -0.2) is 4.79 Å². The summed E-state index contributed by atoms with van der Waals surface area (Å²) in [4.78, 5) is 35.0. The number of hydrogen-bond acceptors (Lipinski definition) is 8. The monoisotopic (exact) mass is 440 g/mol. The molecule has 31 heavy (non-hydrogen) atoms. The van der Waals surface area contributed by atoms with Crippen molar-refractivity contribution in [3.8, 4) is 11.5 Å². The number of esters is 1. The largest absolute Gasteiger partial charge is 0.462 e. The maximum Gasteiger partial charge on any atom is 0.338 e. The van der Waals surface area contributed by atoms with Gasteiger partial charge in [0.2, 0.25) is 17.7 Å². The third-order valence-electron chi connectivity index (χ3n) is 3.84. The number of benzene rings is 2. The molecule has 2 N–H and O–H groups in total. The van der Waals surface area contributed by atoms with E-state index < -0.39 is 5.97 Å². The van der Waals surface area contributed by atoms with Crippen LogP contribution in [0.15, 0.2) is 58.2 Å². The molecular formula is C21H20N4O5S. The number of aromatic nitrogens is 2. The summed E-state index contributed by atoms with van der Waals surface area (Å²) in [5.74, 6) is -0.509. The molecule has 0 saturated heterocycles. The Balaban J connectivity index is 1.54. The predicted molar refractivity (Wildman–Crippen MR) is 116 cm³/mol. The van der Waals surface area contributed by atoms with Gasteiger partial charge in [0, 0.05) is 23.9 Å². The number of hydrogen-bond donors (Lipinski definition) is 2. The van der Waals surface area contributed by atoms with E-state index in [9.17, 15) is 14.4 Å². The zero-order valence-electron chi connectivity index (χ0n) is 16.9. The molecule has 160 valence electrons. The van der Waals surface area contributed by atoms with Crippen LogP contribution in [-0.4, -0.2) is 40.3 Å². The lowest BCUT2D eigenvalue weighted by atomic mass is 10.2. The van der Waals surface area contributed by atoms with Gasteiger partial charge in [-0.05, 0) is 49.4 Å². The van der Waals surface area contributed by atoms with Crippen molar-refractivity contribution < 1.29 is 23.5 Å². The molecule has 0 aliphatic heterocycles. The van der Waals surface area contributed by atoms with Crippen molar-refractivity contribution in [1.29, 1.82) is 0 Å². The third kappa shape index (κ3) is 6.41. The minimum atomic E-state index is -0.411. The molecule has 0 spiro atoms. The Morgan fingerprint density at radius 3 is 2.52 bits per heavy atom. The van der Waals surface area contributed by atoms with Crippen molar-refractivity contribution in [3.63, 3.8) is 0 Å². The van der Waals surface area contributed by atoms with Gasteiger partial charge in [0.25, 0.3) is 5.22 Å². The highest BCUT2D eigenvalue weighted by molar-refractivity contribution is 7.99. The molecule has 0 aliphatic carbocycles. The van der Waals surface area contributed by atoms with Gasteiger partial charge < -0.3 is 19.8 Å². The van der Waals surface area contributed by atoms with E-state index in [0.29, 0.717) is 29.1 Å². The normalized spacial score (nSPS) is 10.4. The van der Waals surface area contributed by atoms with Gasteiger partial charge in [-0.1, -0.05) is 17.8 Å². The average Bonchev–Trinajstić information content (AvgIpc) is 3.22. The summed E-state index contributed by atoms with van der Waals surface area (Å²) in [5.41, 5.74) is 2.23. The molecule has 2 aromatic carbocycles. The quantitative estimate of drug-likeness (QED) is 0.402. The van der Waals surface area contributed by atoms with Crippen LogP contribution >= 0.6 is 11.8 Å². The Kier molecular flexibility index (Phi) is 7.39. The molecule has 3 rings (SSSR count). The molecule has 0 atom stereocenters. The molecule has 2 amide bonds. The molecule has 9 nitrogen and oxygen atoms in total. The Hall–Kier alpha value is -3.66. The van der Waals surface area contributed by atoms with Crippen LogP contribution in [0.5, 0.6) is 0 Å². The molecule has 0 radical (unpaired) electrons. The van der Waals surface area contributed by atoms with Gasteiger partial charge in [-0.3, -0.25) is 9.59 Å². The minimum Gasteiger partial charge on any atom is -0.462 e. The average molecular weight is 440 g/mol. The van der Waals surface area contributed by atoms with Crippen LogP contribution in [0.2, 0.25) is 0 Å². The molecule has 0 unspecified atom stereocenters. The number of carbonyl (C=O) groups excluding carboxylic acids is 3. The summed E-state index contributed by atoms with van der Waals surface area (Å²) >= 11 is 1.10. The number of carbonyl (C=O) groups is 3. The first-order chi connectivity index (χ1) is 14.9. The van der Waals surface area contributed by atoms with E-state index in [1.165, 1.54) is 6.92 Å². The van der Waals surface area contributed by atoms with Crippen LogP contribution in [0.3, 0.4) is 0 Å². The van der Waals surface area contributed by atoms with Crippen molar-refractivity contribution in [2.45, 2.75) is 19.1 Å². The first-order valence-corrected chi connectivity index (χ1v) is 10.3. The third-order valence-corrected chi connectivity index (χ3v) is 4.66. The highest BCUT2D eigenvalue weighted by Crippen LogP contribution is 2.25. The summed E-state index contributed by atoms with van der Waals surface area (Å²) < 4.78 is 10.5. The van der Waals surface area contributed by atoms with E-state index in [4.69, 9.17) is 9.15 Å². The zero-order chi connectivity index (χ0) is 22.2. The standard InChI is InChI=1S/C21H20N4O5S/c1-3-29-20(28)14-7-9-16(10-8-14)23-18(27)12-31-21-25-24-19(30-21)15-5-4-6-17(11-15)22-13(2)26/h4-11H,3,12H2,1-2H3,(H,22,26)(H,23,27). The van der Waals surface area contributed by atoms with Gasteiger partial charge in [-0.2, -0.15) is 0 Å². The fourth-order valence-corrected chi connectivity index (χ4v) is 3.11. The fourth-order valence-electron chi connectivity index (χ4n) is 2.55. The number of amides is 2. The van der Waals surface area contributed by atoms with Crippen molar-refractivity contribution in [3.05, 3.63) is 54.1 Å². The Bertz CT molecular complexity index is 1080. The summed E-state index contributed by atoms with van der Waals surface area (Å²) in [6.07, 6.45) is 0.